The van der Waals surface area contributed by atoms with E-state index in [0.29, 0.717) is 6.42 Å². The third-order valence-corrected chi connectivity index (χ3v) is 2.25. The number of benzene rings is 1. The van der Waals surface area contributed by atoms with Crippen molar-refractivity contribution < 1.29 is 15.0 Å². The van der Waals surface area contributed by atoms with E-state index < -0.39 is 5.97 Å². The quantitative estimate of drug-likeness (QED) is 0.776. The molecule has 0 bridgehead atoms. The molecule has 0 unspecified atom stereocenters. The van der Waals surface area contributed by atoms with Crippen LogP contribution in [0.5, 0.6) is 5.75 Å². The van der Waals surface area contributed by atoms with Gasteiger partial charge in [-0.3, -0.25) is 0 Å². The van der Waals surface area contributed by atoms with Crippen molar-refractivity contribution in [3.05, 3.63) is 28.8 Å². The van der Waals surface area contributed by atoms with Crippen LogP contribution in [0.15, 0.2) is 12.1 Å². The smallest absolute Gasteiger partial charge is 0.339 e. The zero-order chi connectivity index (χ0) is 10.7. The second-order valence-corrected chi connectivity index (χ2v) is 3.31. The molecule has 0 aliphatic carbocycles. The molecule has 1 aromatic carbocycles. The van der Waals surface area contributed by atoms with E-state index in [0.717, 1.165) is 17.5 Å². The van der Waals surface area contributed by atoms with E-state index in [1.807, 2.05) is 13.8 Å². The van der Waals surface area contributed by atoms with E-state index in [9.17, 15) is 9.90 Å². The van der Waals surface area contributed by atoms with Crippen molar-refractivity contribution >= 4 is 5.97 Å². The summed E-state index contributed by atoms with van der Waals surface area (Å²) in [5, 5.41) is 18.5. The Morgan fingerprint density at radius 1 is 1.43 bits per heavy atom. The van der Waals surface area contributed by atoms with Gasteiger partial charge in [-0.2, -0.15) is 0 Å². The van der Waals surface area contributed by atoms with Crippen molar-refractivity contribution in [2.24, 2.45) is 0 Å². The Labute approximate surface area is 83.0 Å². The van der Waals surface area contributed by atoms with Gasteiger partial charge in [-0.25, -0.2) is 4.79 Å². The summed E-state index contributed by atoms with van der Waals surface area (Å²) in [5.74, 6) is -1.17. The molecule has 76 valence electrons. The van der Waals surface area contributed by atoms with Crippen molar-refractivity contribution in [2.45, 2.75) is 26.7 Å². The van der Waals surface area contributed by atoms with E-state index in [2.05, 4.69) is 0 Å². The number of hydrogen-bond acceptors (Lipinski definition) is 2. The Kier molecular flexibility index (Phi) is 3.12. The highest BCUT2D eigenvalue weighted by atomic mass is 16.4. The maximum absolute atomic E-state index is 10.7. The van der Waals surface area contributed by atoms with Crippen molar-refractivity contribution in [1.82, 2.24) is 0 Å². The van der Waals surface area contributed by atoms with Crippen molar-refractivity contribution in [1.29, 1.82) is 0 Å². The van der Waals surface area contributed by atoms with Crippen molar-refractivity contribution in [3.63, 3.8) is 0 Å². The van der Waals surface area contributed by atoms with E-state index >= 15 is 0 Å². The summed E-state index contributed by atoms with van der Waals surface area (Å²) >= 11 is 0. The van der Waals surface area contributed by atoms with Crippen LogP contribution in [0, 0.1) is 6.92 Å². The van der Waals surface area contributed by atoms with Crippen LogP contribution in [0.3, 0.4) is 0 Å². The number of aromatic carboxylic acids is 1. The third kappa shape index (κ3) is 1.87. The summed E-state index contributed by atoms with van der Waals surface area (Å²) in [7, 11) is 0. The number of carboxylic acids is 1. The van der Waals surface area contributed by atoms with Gasteiger partial charge in [0, 0.05) is 0 Å². The molecule has 0 saturated heterocycles. The van der Waals surface area contributed by atoms with Gasteiger partial charge in [0.25, 0.3) is 0 Å². The normalized spacial score (nSPS) is 10.1. The van der Waals surface area contributed by atoms with Gasteiger partial charge < -0.3 is 10.2 Å². The molecule has 0 amide bonds. The summed E-state index contributed by atoms with van der Waals surface area (Å²) in [6.07, 6.45) is 1.59. The number of phenols is 1. The fourth-order valence-electron chi connectivity index (χ4n) is 1.48. The number of carboxylic acid groups (broad SMARTS) is 1. The van der Waals surface area contributed by atoms with Gasteiger partial charge in [-0.05, 0) is 30.5 Å². The largest absolute Gasteiger partial charge is 0.507 e. The van der Waals surface area contributed by atoms with Crippen LogP contribution in [0.2, 0.25) is 0 Å². The highest BCUT2D eigenvalue weighted by Crippen LogP contribution is 2.26. The fraction of sp³-hybridized carbons (Fsp3) is 0.364. The summed E-state index contributed by atoms with van der Waals surface area (Å²) in [4.78, 5) is 10.7. The second-order valence-electron chi connectivity index (χ2n) is 3.31. The first-order valence-corrected chi connectivity index (χ1v) is 4.62. The molecule has 0 heterocycles. The molecule has 3 nitrogen and oxygen atoms in total. The van der Waals surface area contributed by atoms with E-state index in [4.69, 9.17) is 5.11 Å². The van der Waals surface area contributed by atoms with Crippen LogP contribution in [-0.2, 0) is 6.42 Å². The Hall–Kier alpha value is -1.51. The highest BCUT2D eigenvalue weighted by Gasteiger charge is 2.14. The fourth-order valence-corrected chi connectivity index (χ4v) is 1.48. The predicted octanol–water partition coefficient (Wildman–Crippen LogP) is 2.35. The van der Waals surface area contributed by atoms with Gasteiger partial charge >= 0.3 is 5.97 Å². The molecule has 14 heavy (non-hydrogen) atoms. The minimum absolute atomic E-state index is 0.0148. The first kappa shape index (κ1) is 10.6. The van der Waals surface area contributed by atoms with Crippen LogP contribution < -0.4 is 0 Å². The standard InChI is InChI=1S/C11H14O3/c1-3-4-8-7(2)5-6-9(10(8)12)11(13)14/h5-6,12H,3-4H2,1-2H3,(H,13,14). The maximum atomic E-state index is 10.7. The molecule has 0 saturated carbocycles. The van der Waals surface area contributed by atoms with Gasteiger partial charge in [-0.15, -0.1) is 0 Å². The number of carbonyl (C=O) groups is 1. The molecule has 1 aromatic rings. The summed E-state index contributed by atoms with van der Waals surface area (Å²) in [5.41, 5.74) is 1.67. The number of hydrogen-bond donors (Lipinski definition) is 2. The molecular weight excluding hydrogens is 180 g/mol. The van der Waals surface area contributed by atoms with E-state index in [1.165, 1.54) is 6.07 Å². The lowest BCUT2D eigenvalue weighted by Crippen LogP contribution is -2.00. The van der Waals surface area contributed by atoms with Crippen LogP contribution in [0.1, 0.15) is 34.8 Å². The molecule has 0 atom stereocenters. The maximum Gasteiger partial charge on any atom is 0.339 e. The lowest BCUT2D eigenvalue weighted by molar-refractivity contribution is 0.0693. The molecule has 2 N–H and O–H groups in total. The Morgan fingerprint density at radius 2 is 2.07 bits per heavy atom. The van der Waals surface area contributed by atoms with Crippen LogP contribution in [0.25, 0.3) is 0 Å². The topological polar surface area (TPSA) is 57.5 Å². The molecule has 0 aliphatic rings. The van der Waals surface area contributed by atoms with Crippen molar-refractivity contribution in [3.8, 4) is 5.75 Å². The van der Waals surface area contributed by atoms with Gasteiger partial charge in [-0.1, -0.05) is 19.4 Å². The van der Waals surface area contributed by atoms with Gasteiger partial charge in [0.2, 0.25) is 0 Å². The minimum Gasteiger partial charge on any atom is -0.507 e. The average molecular weight is 194 g/mol. The average Bonchev–Trinajstić information content (AvgIpc) is 2.11. The summed E-state index contributed by atoms with van der Waals surface area (Å²) in [6.45, 7) is 3.86. The second kappa shape index (κ2) is 4.13. The van der Waals surface area contributed by atoms with Crippen LogP contribution >= 0.6 is 0 Å². The first-order chi connectivity index (χ1) is 6.57. The zero-order valence-corrected chi connectivity index (χ0v) is 8.37. The number of rotatable bonds is 3. The van der Waals surface area contributed by atoms with E-state index in [-0.39, 0.29) is 11.3 Å². The molecular formula is C11H14O3. The SMILES string of the molecule is CCCc1c(C)ccc(C(=O)O)c1O. The predicted molar refractivity (Wildman–Crippen MR) is 53.8 cm³/mol. The molecule has 0 radical (unpaired) electrons. The lowest BCUT2D eigenvalue weighted by atomic mass is 9.99. The van der Waals surface area contributed by atoms with Gasteiger partial charge in [0.1, 0.15) is 11.3 Å². The zero-order valence-electron chi connectivity index (χ0n) is 8.37. The summed E-state index contributed by atoms with van der Waals surface area (Å²) < 4.78 is 0. The van der Waals surface area contributed by atoms with E-state index in [1.54, 1.807) is 6.07 Å². The molecule has 3 heteroatoms. The molecule has 0 spiro atoms. The number of aromatic hydroxyl groups is 1. The van der Waals surface area contributed by atoms with Crippen LogP contribution in [-0.4, -0.2) is 16.2 Å². The molecule has 1 rings (SSSR count). The Balaban J connectivity index is 3.26. The number of aryl methyl sites for hydroxylation is 1. The Morgan fingerprint density at radius 3 is 2.57 bits per heavy atom. The van der Waals surface area contributed by atoms with Gasteiger partial charge in [0.15, 0.2) is 0 Å². The first-order valence-electron chi connectivity index (χ1n) is 4.62. The third-order valence-electron chi connectivity index (χ3n) is 2.25. The lowest BCUT2D eigenvalue weighted by Gasteiger charge is -2.09. The molecule has 0 fully saturated rings. The van der Waals surface area contributed by atoms with Gasteiger partial charge in [0.05, 0.1) is 0 Å². The van der Waals surface area contributed by atoms with Crippen molar-refractivity contribution in [2.75, 3.05) is 0 Å². The van der Waals surface area contributed by atoms with Crippen LogP contribution in [0.4, 0.5) is 0 Å². The monoisotopic (exact) mass is 194 g/mol. The molecule has 0 aromatic heterocycles. The Bertz CT molecular complexity index is 356. The minimum atomic E-state index is -1.08. The summed E-state index contributed by atoms with van der Waals surface area (Å²) in [6, 6.07) is 3.17. The highest BCUT2D eigenvalue weighted by molar-refractivity contribution is 5.91. The molecule has 0 aliphatic heterocycles.